The van der Waals surface area contributed by atoms with Gasteiger partial charge in [-0.25, -0.2) is 0 Å². The maximum absolute atomic E-state index is 5.78. The van der Waals surface area contributed by atoms with Crippen LogP contribution >= 0.6 is 12.2 Å². The highest BCUT2D eigenvalue weighted by atomic mass is 32.1. The van der Waals surface area contributed by atoms with Crippen molar-refractivity contribution < 1.29 is 4.74 Å². The van der Waals surface area contributed by atoms with Gasteiger partial charge in [0, 0.05) is 17.8 Å². The van der Waals surface area contributed by atoms with E-state index in [2.05, 4.69) is 23.1 Å². The summed E-state index contributed by atoms with van der Waals surface area (Å²) in [5, 5.41) is 0. The normalized spacial score (nSPS) is 14.1. The van der Waals surface area contributed by atoms with Gasteiger partial charge in [-0.3, -0.25) is 0 Å². The van der Waals surface area contributed by atoms with Crippen molar-refractivity contribution in [2.24, 2.45) is 5.73 Å². The summed E-state index contributed by atoms with van der Waals surface area (Å²) in [5.41, 5.74) is 8.77. The maximum atomic E-state index is 5.78. The number of para-hydroxylation sites is 2. The van der Waals surface area contributed by atoms with E-state index in [0.717, 1.165) is 42.3 Å². The largest absolute Gasteiger partial charge is 0.491 e. The van der Waals surface area contributed by atoms with E-state index in [-0.39, 0.29) is 0 Å². The molecule has 3 rings (SSSR count). The molecule has 4 heteroatoms. The van der Waals surface area contributed by atoms with Gasteiger partial charge in [-0.2, -0.15) is 0 Å². The van der Waals surface area contributed by atoms with Crippen LogP contribution in [-0.2, 0) is 0 Å². The molecule has 0 bridgehead atoms. The summed E-state index contributed by atoms with van der Waals surface area (Å²) in [6.45, 7) is 1.68. The SMILES string of the molecule is NC(=S)c1ccc(N2CCCOc3ccccc32)cc1. The van der Waals surface area contributed by atoms with Crippen LogP contribution in [0.1, 0.15) is 12.0 Å². The molecule has 20 heavy (non-hydrogen) atoms. The Labute approximate surface area is 124 Å². The third kappa shape index (κ3) is 2.47. The molecular formula is C16H16N2OS. The van der Waals surface area contributed by atoms with Gasteiger partial charge >= 0.3 is 0 Å². The number of anilines is 2. The van der Waals surface area contributed by atoms with Crippen LogP contribution in [-0.4, -0.2) is 18.1 Å². The van der Waals surface area contributed by atoms with Crippen molar-refractivity contribution in [3.8, 4) is 5.75 Å². The minimum Gasteiger partial charge on any atom is -0.491 e. The van der Waals surface area contributed by atoms with Crippen LogP contribution in [0.4, 0.5) is 11.4 Å². The molecule has 0 spiro atoms. The summed E-state index contributed by atoms with van der Waals surface area (Å²) < 4.78 is 5.78. The number of rotatable bonds is 2. The molecule has 2 aromatic carbocycles. The number of ether oxygens (including phenoxy) is 1. The van der Waals surface area contributed by atoms with Crippen molar-refractivity contribution in [1.82, 2.24) is 0 Å². The summed E-state index contributed by atoms with van der Waals surface area (Å²) in [6, 6.07) is 16.2. The number of hydrogen-bond donors (Lipinski definition) is 1. The Bertz CT molecular complexity index is 625. The molecule has 0 radical (unpaired) electrons. The summed E-state index contributed by atoms with van der Waals surface area (Å²) in [5.74, 6) is 0.934. The minimum absolute atomic E-state index is 0.427. The van der Waals surface area contributed by atoms with Crippen LogP contribution in [0.15, 0.2) is 48.5 Å². The first-order chi connectivity index (χ1) is 9.75. The quantitative estimate of drug-likeness (QED) is 0.859. The second-order valence-corrected chi connectivity index (χ2v) is 5.17. The number of nitrogens with zero attached hydrogens (tertiary/aromatic N) is 1. The number of thiocarbonyl (C=S) groups is 1. The lowest BCUT2D eigenvalue weighted by molar-refractivity contribution is 0.322. The van der Waals surface area contributed by atoms with Crippen LogP contribution in [0.5, 0.6) is 5.75 Å². The summed E-state index contributed by atoms with van der Waals surface area (Å²) in [7, 11) is 0. The van der Waals surface area contributed by atoms with Crippen LogP contribution in [0.3, 0.4) is 0 Å². The van der Waals surface area contributed by atoms with Crippen molar-refractivity contribution in [2.75, 3.05) is 18.1 Å². The summed E-state index contributed by atoms with van der Waals surface area (Å²) in [6.07, 6.45) is 0.992. The zero-order valence-corrected chi connectivity index (χ0v) is 11.9. The van der Waals surface area contributed by atoms with Gasteiger partial charge in [0.1, 0.15) is 10.7 Å². The molecule has 0 fully saturated rings. The van der Waals surface area contributed by atoms with Crippen molar-refractivity contribution >= 4 is 28.6 Å². The fraction of sp³-hybridized carbons (Fsp3) is 0.188. The maximum Gasteiger partial charge on any atom is 0.142 e. The van der Waals surface area contributed by atoms with Crippen molar-refractivity contribution in [1.29, 1.82) is 0 Å². The Kier molecular flexibility index (Phi) is 3.56. The molecule has 2 N–H and O–H groups in total. The number of hydrogen-bond acceptors (Lipinski definition) is 3. The lowest BCUT2D eigenvalue weighted by atomic mass is 10.1. The smallest absolute Gasteiger partial charge is 0.142 e. The van der Waals surface area contributed by atoms with E-state index in [9.17, 15) is 0 Å². The first kappa shape index (κ1) is 12.9. The molecule has 0 aromatic heterocycles. The van der Waals surface area contributed by atoms with Crippen molar-refractivity contribution in [3.63, 3.8) is 0 Å². The second kappa shape index (κ2) is 5.51. The molecular weight excluding hydrogens is 268 g/mol. The lowest BCUT2D eigenvalue weighted by Gasteiger charge is -2.24. The monoisotopic (exact) mass is 284 g/mol. The van der Waals surface area contributed by atoms with Gasteiger partial charge in [0.15, 0.2) is 0 Å². The van der Waals surface area contributed by atoms with Crippen LogP contribution in [0.25, 0.3) is 0 Å². The molecule has 0 saturated heterocycles. The fourth-order valence-corrected chi connectivity index (χ4v) is 2.54. The van der Waals surface area contributed by atoms with Gasteiger partial charge in [-0.1, -0.05) is 24.4 Å². The third-order valence-electron chi connectivity index (χ3n) is 3.40. The predicted octanol–water partition coefficient (Wildman–Crippen LogP) is 3.24. The lowest BCUT2D eigenvalue weighted by Crippen LogP contribution is -2.18. The van der Waals surface area contributed by atoms with Crippen LogP contribution < -0.4 is 15.4 Å². The molecule has 1 heterocycles. The molecule has 0 aliphatic carbocycles. The highest BCUT2D eigenvalue weighted by Gasteiger charge is 2.17. The van der Waals surface area contributed by atoms with E-state index in [1.165, 1.54) is 0 Å². The van der Waals surface area contributed by atoms with E-state index in [0.29, 0.717) is 4.99 Å². The fourth-order valence-electron chi connectivity index (χ4n) is 2.40. The van der Waals surface area contributed by atoms with E-state index >= 15 is 0 Å². The van der Waals surface area contributed by atoms with Crippen LogP contribution in [0.2, 0.25) is 0 Å². The Hall–Kier alpha value is -2.07. The summed E-state index contributed by atoms with van der Waals surface area (Å²) >= 11 is 4.99. The van der Waals surface area contributed by atoms with Gasteiger partial charge in [0.25, 0.3) is 0 Å². The first-order valence-corrected chi connectivity index (χ1v) is 7.06. The zero-order valence-electron chi connectivity index (χ0n) is 11.1. The number of fused-ring (bicyclic) bond motifs is 1. The molecule has 1 aliphatic rings. The third-order valence-corrected chi connectivity index (χ3v) is 3.64. The van der Waals surface area contributed by atoms with Gasteiger partial charge in [0.2, 0.25) is 0 Å². The van der Waals surface area contributed by atoms with E-state index < -0.39 is 0 Å². The molecule has 0 amide bonds. The van der Waals surface area contributed by atoms with Gasteiger partial charge in [0.05, 0.1) is 12.3 Å². The molecule has 1 aliphatic heterocycles. The van der Waals surface area contributed by atoms with Crippen molar-refractivity contribution in [3.05, 3.63) is 54.1 Å². The van der Waals surface area contributed by atoms with Crippen molar-refractivity contribution in [2.45, 2.75) is 6.42 Å². The van der Waals surface area contributed by atoms with Gasteiger partial charge in [-0.05, 0) is 42.8 Å². The molecule has 0 atom stereocenters. The Balaban J connectivity index is 1.98. The number of benzene rings is 2. The zero-order chi connectivity index (χ0) is 13.9. The van der Waals surface area contributed by atoms with Crippen LogP contribution in [0, 0.1) is 0 Å². The second-order valence-electron chi connectivity index (χ2n) is 4.73. The average molecular weight is 284 g/mol. The molecule has 102 valence electrons. The molecule has 3 nitrogen and oxygen atoms in total. The Morgan fingerprint density at radius 2 is 1.85 bits per heavy atom. The first-order valence-electron chi connectivity index (χ1n) is 6.65. The Morgan fingerprint density at radius 3 is 2.60 bits per heavy atom. The predicted molar refractivity (Wildman–Crippen MR) is 85.9 cm³/mol. The average Bonchev–Trinajstić information content (AvgIpc) is 2.69. The number of nitrogens with two attached hydrogens (primary N) is 1. The molecule has 2 aromatic rings. The topological polar surface area (TPSA) is 38.5 Å². The molecule has 0 saturated carbocycles. The van der Waals surface area contributed by atoms with Gasteiger partial charge < -0.3 is 15.4 Å². The highest BCUT2D eigenvalue weighted by molar-refractivity contribution is 7.80. The van der Waals surface area contributed by atoms with E-state index in [1.807, 2.05) is 30.3 Å². The van der Waals surface area contributed by atoms with Gasteiger partial charge in [-0.15, -0.1) is 0 Å². The van der Waals surface area contributed by atoms with E-state index in [1.54, 1.807) is 0 Å². The summed E-state index contributed by atoms with van der Waals surface area (Å²) in [4.78, 5) is 2.70. The molecule has 0 unspecified atom stereocenters. The standard InChI is InChI=1S/C16H16N2OS/c17-16(20)12-6-8-13(9-7-12)18-10-3-11-19-15-5-2-1-4-14(15)18/h1-2,4-9H,3,10-11H2,(H2,17,20). The van der Waals surface area contributed by atoms with E-state index in [4.69, 9.17) is 22.7 Å². The Morgan fingerprint density at radius 1 is 1.10 bits per heavy atom. The minimum atomic E-state index is 0.427. The highest BCUT2D eigenvalue weighted by Crippen LogP contribution is 2.35.